The number of benzene rings is 2. The molecule has 2 aromatic carbocycles. The van der Waals surface area contributed by atoms with E-state index in [0.717, 1.165) is 0 Å². The highest BCUT2D eigenvalue weighted by molar-refractivity contribution is 6.03. The van der Waals surface area contributed by atoms with Crippen LogP contribution in [0.2, 0.25) is 0 Å². The number of nitrogens with one attached hydrogen (secondary N) is 1. The lowest BCUT2D eigenvalue weighted by Gasteiger charge is -2.26. The maximum absolute atomic E-state index is 14.5. The molecule has 8 nitrogen and oxygen atoms in total. The molecule has 1 unspecified atom stereocenters. The number of likely N-dealkylation sites (N-methyl/N-ethyl adjacent to an activating group) is 1. The van der Waals surface area contributed by atoms with Crippen molar-refractivity contribution in [2.75, 3.05) is 27.8 Å². The van der Waals surface area contributed by atoms with E-state index in [0.29, 0.717) is 28.3 Å². The van der Waals surface area contributed by atoms with Gasteiger partial charge in [0, 0.05) is 30.6 Å². The molecule has 0 aromatic heterocycles. The lowest BCUT2D eigenvalue weighted by molar-refractivity contribution is -0.133. The van der Waals surface area contributed by atoms with E-state index in [1.807, 2.05) is 13.8 Å². The summed E-state index contributed by atoms with van der Waals surface area (Å²) in [5.74, 6) is 0.313. The molecule has 0 radical (unpaired) electrons. The van der Waals surface area contributed by atoms with E-state index in [1.54, 1.807) is 43.5 Å². The van der Waals surface area contributed by atoms with Crippen LogP contribution in [0.15, 0.2) is 47.6 Å². The third-order valence-electron chi connectivity index (χ3n) is 5.28. The molecule has 0 bridgehead atoms. The van der Waals surface area contributed by atoms with Gasteiger partial charge in [0.1, 0.15) is 23.9 Å². The second-order valence-electron chi connectivity index (χ2n) is 8.05. The van der Waals surface area contributed by atoms with E-state index in [-0.39, 0.29) is 25.0 Å². The Balaban J connectivity index is 1.97. The number of carbonyl (C=O) groups is 2. The molecule has 0 saturated carbocycles. The van der Waals surface area contributed by atoms with Gasteiger partial charge in [-0.2, -0.15) is 5.10 Å². The van der Waals surface area contributed by atoms with Gasteiger partial charge in [0.2, 0.25) is 0 Å². The fraction of sp³-hybridized carbons (Fsp3) is 0.375. The predicted molar refractivity (Wildman–Crippen MR) is 123 cm³/mol. The number of hydrogen-bond acceptors (Lipinski definition) is 5. The Morgan fingerprint density at radius 1 is 1.21 bits per heavy atom. The van der Waals surface area contributed by atoms with Crippen molar-refractivity contribution >= 4 is 17.6 Å². The zero-order chi connectivity index (χ0) is 24.1. The predicted octanol–water partition coefficient (Wildman–Crippen LogP) is 3.57. The smallest absolute Gasteiger partial charge is 0.317 e. The quantitative estimate of drug-likeness (QED) is 0.691. The van der Waals surface area contributed by atoms with Gasteiger partial charge in [-0.25, -0.2) is 14.2 Å². The first kappa shape index (κ1) is 24.0. The molecule has 1 N–H and O–H groups in total. The minimum atomic E-state index is -0.557. The average molecular weight is 457 g/mol. The van der Waals surface area contributed by atoms with Crippen LogP contribution in [0.1, 0.15) is 37.4 Å². The fourth-order valence-corrected chi connectivity index (χ4v) is 3.64. The molecule has 3 rings (SSSR count). The number of rotatable bonds is 7. The van der Waals surface area contributed by atoms with Crippen LogP contribution in [-0.4, -0.2) is 61.4 Å². The van der Waals surface area contributed by atoms with E-state index >= 15 is 0 Å². The number of hydrazone groups is 1. The van der Waals surface area contributed by atoms with Gasteiger partial charge in [-0.15, -0.1) is 0 Å². The Kier molecular flexibility index (Phi) is 7.52. The highest BCUT2D eigenvalue weighted by Crippen LogP contribution is 2.39. The van der Waals surface area contributed by atoms with Crippen molar-refractivity contribution in [1.29, 1.82) is 0 Å². The van der Waals surface area contributed by atoms with Crippen LogP contribution in [0.25, 0.3) is 0 Å². The molecule has 1 aliphatic rings. The second kappa shape index (κ2) is 10.3. The Morgan fingerprint density at radius 2 is 1.94 bits per heavy atom. The highest BCUT2D eigenvalue weighted by Gasteiger charge is 2.36. The third-order valence-corrected chi connectivity index (χ3v) is 5.28. The molecule has 0 aliphatic carbocycles. The van der Waals surface area contributed by atoms with Gasteiger partial charge in [-0.1, -0.05) is 18.2 Å². The molecule has 0 saturated heterocycles. The first-order valence-electron chi connectivity index (χ1n) is 10.6. The van der Waals surface area contributed by atoms with Crippen LogP contribution in [0.5, 0.6) is 11.5 Å². The van der Waals surface area contributed by atoms with Crippen LogP contribution in [0.4, 0.5) is 9.18 Å². The Morgan fingerprint density at radius 3 is 2.58 bits per heavy atom. The summed E-state index contributed by atoms with van der Waals surface area (Å²) >= 11 is 0. The van der Waals surface area contributed by atoms with E-state index in [2.05, 4.69) is 10.4 Å². The zero-order valence-corrected chi connectivity index (χ0v) is 19.5. The maximum Gasteiger partial charge on any atom is 0.317 e. The first-order valence-corrected chi connectivity index (χ1v) is 10.6. The van der Waals surface area contributed by atoms with Crippen LogP contribution >= 0.6 is 0 Å². The van der Waals surface area contributed by atoms with Gasteiger partial charge in [0.15, 0.2) is 0 Å². The van der Waals surface area contributed by atoms with Crippen molar-refractivity contribution in [3.05, 3.63) is 59.4 Å². The third kappa shape index (κ3) is 5.42. The summed E-state index contributed by atoms with van der Waals surface area (Å²) in [5, 5.41) is 8.54. The van der Waals surface area contributed by atoms with Gasteiger partial charge >= 0.3 is 6.03 Å². The summed E-state index contributed by atoms with van der Waals surface area (Å²) in [5.41, 5.74) is 1.44. The van der Waals surface area contributed by atoms with Crippen molar-refractivity contribution in [1.82, 2.24) is 15.2 Å². The maximum atomic E-state index is 14.5. The van der Waals surface area contributed by atoms with E-state index < -0.39 is 17.8 Å². The van der Waals surface area contributed by atoms with Gasteiger partial charge in [-0.05, 0) is 38.1 Å². The average Bonchev–Trinajstić information content (AvgIpc) is 3.23. The summed E-state index contributed by atoms with van der Waals surface area (Å²) in [6.07, 6.45) is 0.276. The van der Waals surface area contributed by atoms with Gasteiger partial charge in [0.25, 0.3) is 5.91 Å². The minimum absolute atomic E-state index is 0.0682. The molecule has 2 aromatic rings. The molecule has 0 spiro atoms. The van der Waals surface area contributed by atoms with Crippen molar-refractivity contribution in [2.24, 2.45) is 5.10 Å². The number of methoxy groups -OCH3 is 2. The molecule has 3 amide bonds. The number of urea groups is 1. The molecule has 33 heavy (non-hydrogen) atoms. The molecule has 9 heteroatoms. The zero-order valence-electron chi connectivity index (χ0n) is 19.5. The van der Waals surface area contributed by atoms with Gasteiger partial charge in [-0.3, -0.25) is 4.79 Å². The summed E-state index contributed by atoms with van der Waals surface area (Å²) in [4.78, 5) is 26.9. The lowest BCUT2D eigenvalue weighted by Crippen LogP contribution is -2.45. The van der Waals surface area contributed by atoms with Crippen molar-refractivity contribution in [2.45, 2.75) is 32.4 Å². The van der Waals surface area contributed by atoms with Crippen LogP contribution < -0.4 is 14.8 Å². The van der Waals surface area contributed by atoms with Crippen molar-refractivity contribution < 1.29 is 23.5 Å². The topological polar surface area (TPSA) is 83.5 Å². The van der Waals surface area contributed by atoms with E-state index in [9.17, 15) is 14.0 Å². The number of amides is 3. The molecule has 1 atom stereocenters. The van der Waals surface area contributed by atoms with Crippen LogP contribution in [0, 0.1) is 5.82 Å². The summed E-state index contributed by atoms with van der Waals surface area (Å²) < 4.78 is 25.4. The molecule has 0 fully saturated rings. The summed E-state index contributed by atoms with van der Waals surface area (Å²) in [7, 11) is 4.62. The number of nitrogens with zero attached hydrogens (tertiary/aromatic N) is 3. The molecule has 1 heterocycles. The summed E-state index contributed by atoms with van der Waals surface area (Å²) in [6.45, 7) is 3.48. The number of ether oxygens (including phenoxy) is 2. The standard InChI is InChI=1S/C24H29FN4O4/c1-15(2)26-24(31)28(3)14-23(30)29-21(18-12-16(32-4)10-11-22(18)33-5)13-20(27-29)17-8-6-7-9-19(17)25/h6-12,15,21H,13-14H2,1-5H3,(H,26,31). The van der Waals surface area contributed by atoms with Gasteiger partial charge < -0.3 is 19.7 Å². The van der Waals surface area contributed by atoms with E-state index in [4.69, 9.17) is 9.47 Å². The van der Waals surface area contributed by atoms with Crippen molar-refractivity contribution in [3.8, 4) is 11.5 Å². The lowest BCUT2D eigenvalue weighted by atomic mass is 9.97. The number of halogens is 1. The molecule has 176 valence electrons. The normalized spacial score (nSPS) is 15.3. The number of hydrogen-bond donors (Lipinski definition) is 1. The molecular formula is C24H29FN4O4. The molecule has 1 aliphatic heterocycles. The Labute approximate surface area is 193 Å². The van der Waals surface area contributed by atoms with Crippen molar-refractivity contribution in [3.63, 3.8) is 0 Å². The fourth-order valence-electron chi connectivity index (χ4n) is 3.64. The number of carbonyl (C=O) groups excluding carboxylic acids is 2. The molecular weight excluding hydrogens is 427 g/mol. The van der Waals surface area contributed by atoms with Crippen LogP contribution in [-0.2, 0) is 4.79 Å². The Bertz CT molecular complexity index is 1060. The highest BCUT2D eigenvalue weighted by atomic mass is 19.1. The van der Waals surface area contributed by atoms with Crippen LogP contribution in [0.3, 0.4) is 0 Å². The summed E-state index contributed by atoms with van der Waals surface area (Å²) in [6, 6.07) is 10.6. The SMILES string of the molecule is COc1ccc(OC)c(C2CC(c3ccccc3F)=NN2C(=O)CN(C)C(=O)NC(C)C)c1. The van der Waals surface area contributed by atoms with Gasteiger partial charge in [0.05, 0.1) is 26.0 Å². The second-order valence-corrected chi connectivity index (χ2v) is 8.05. The first-order chi connectivity index (χ1) is 15.7. The minimum Gasteiger partial charge on any atom is -0.497 e. The monoisotopic (exact) mass is 456 g/mol. The van der Waals surface area contributed by atoms with E-state index in [1.165, 1.54) is 30.1 Å². The largest absolute Gasteiger partial charge is 0.497 e. The Hall–Kier alpha value is -3.62.